The van der Waals surface area contributed by atoms with E-state index in [1.807, 2.05) is 0 Å². The van der Waals surface area contributed by atoms with Crippen LogP contribution in [0.5, 0.6) is 0 Å². The van der Waals surface area contributed by atoms with Crippen LogP contribution in [0.1, 0.15) is 46.0 Å². The lowest BCUT2D eigenvalue weighted by Gasteiger charge is -2.27. The third kappa shape index (κ3) is 5.38. The van der Waals surface area contributed by atoms with Crippen LogP contribution in [0.4, 0.5) is 0 Å². The van der Waals surface area contributed by atoms with Crippen LogP contribution in [0.25, 0.3) is 0 Å². The van der Waals surface area contributed by atoms with Gasteiger partial charge in [0.25, 0.3) is 0 Å². The molecule has 0 aromatic heterocycles. The van der Waals surface area contributed by atoms with Crippen LogP contribution in [0.2, 0.25) is 0 Å². The molecule has 0 aromatic rings. The van der Waals surface area contributed by atoms with Gasteiger partial charge in [0.2, 0.25) is 0 Å². The highest BCUT2D eigenvalue weighted by atomic mass is 35.5. The molecule has 0 aromatic carbocycles. The second-order valence-corrected chi connectivity index (χ2v) is 4.07. The summed E-state index contributed by atoms with van der Waals surface area (Å²) in [6.45, 7) is 4.78. The van der Waals surface area contributed by atoms with Gasteiger partial charge in [0.15, 0.2) is 0 Å². The number of nitrogens with one attached hydrogen (secondary N) is 1. The van der Waals surface area contributed by atoms with Crippen LogP contribution in [0.3, 0.4) is 0 Å². The van der Waals surface area contributed by atoms with Gasteiger partial charge in [-0.1, -0.05) is 13.3 Å². The Kier molecular flexibility index (Phi) is 7.79. The monoisotopic (exact) mass is 234 g/mol. The third-order valence-electron chi connectivity index (χ3n) is 2.64. The zero-order valence-corrected chi connectivity index (χ0v) is 10.3. The fraction of sp³-hybridized carbons (Fsp3) is 0.909. The molecular formula is C11H21ClNO2-. The molecule has 0 spiro atoms. The van der Waals surface area contributed by atoms with Gasteiger partial charge in [-0.3, -0.25) is 4.79 Å². The van der Waals surface area contributed by atoms with Crippen LogP contribution >= 0.6 is 0 Å². The van der Waals surface area contributed by atoms with E-state index in [0.717, 1.165) is 25.7 Å². The molecule has 0 saturated carbocycles. The molecule has 1 fully saturated rings. The Hall–Kier alpha value is -0.280. The van der Waals surface area contributed by atoms with E-state index in [1.54, 1.807) is 0 Å². The van der Waals surface area contributed by atoms with Crippen molar-refractivity contribution in [3.05, 3.63) is 0 Å². The average molecular weight is 235 g/mol. The van der Waals surface area contributed by atoms with E-state index in [0.29, 0.717) is 12.6 Å². The maximum absolute atomic E-state index is 11.5. The number of hydrogen-bond acceptors (Lipinski definition) is 3. The quantitative estimate of drug-likeness (QED) is 0.494. The molecule has 15 heavy (non-hydrogen) atoms. The number of piperidine rings is 1. The van der Waals surface area contributed by atoms with Gasteiger partial charge >= 0.3 is 5.97 Å². The van der Waals surface area contributed by atoms with Crippen LogP contribution in [0.15, 0.2) is 0 Å². The normalized spacial score (nSPS) is 25.5. The number of esters is 1. The lowest BCUT2D eigenvalue weighted by atomic mass is 10.00. The van der Waals surface area contributed by atoms with E-state index >= 15 is 0 Å². The second kappa shape index (κ2) is 7.94. The average Bonchev–Trinajstić information content (AvgIpc) is 2.18. The molecule has 0 amide bonds. The smallest absolute Gasteiger partial charge is 0.323 e. The zero-order valence-electron chi connectivity index (χ0n) is 9.59. The number of unbranched alkanes of at least 4 members (excludes halogenated alkanes) is 1. The van der Waals surface area contributed by atoms with Crippen molar-refractivity contribution in [3.8, 4) is 0 Å². The third-order valence-corrected chi connectivity index (χ3v) is 2.64. The van der Waals surface area contributed by atoms with E-state index in [9.17, 15) is 4.79 Å². The van der Waals surface area contributed by atoms with Crippen molar-refractivity contribution in [2.24, 2.45) is 0 Å². The summed E-state index contributed by atoms with van der Waals surface area (Å²) >= 11 is 0. The second-order valence-electron chi connectivity index (χ2n) is 4.07. The summed E-state index contributed by atoms with van der Waals surface area (Å²) in [5.74, 6) is -0.0648. The molecule has 0 radical (unpaired) electrons. The predicted molar refractivity (Wildman–Crippen MR) is 56.1 cm³/mol. The summed E-state index contributed by atoms with van der Waals surface area (Å²) in [6.07, 6.45) is 5.26. The summed E-state index contributed by atoms with van der Waals surface area (Å²) < 4.78 is 5.17. The van der Waals surface area contributed by atoms with Gasteiger partial charge in [0.05, 0.1) is 6.61 Å². The summed E-state index contributed by atoms with van der Waals surface area (Å²) in [5.41, 5.74) is 0. The molecule has 2 atom stereocenters. The lowest BCUT2D eigenvalue weighted by molar-refractivity contribution is -0.147. The summed E-state index contributed by atoms with van der Waals surface area (Å²) in [7, 11) is 0. The van der Waals surface area contributed by atoms with Crippen molar-refractivity contribution in [2.75, 3.05) is 6.61 Å². The lowest BCUT2D eigenvalue weighted by Crippen LogP contribution is -3.00. The Morgan fingerprint density at radius 1 is 1.47 bits per heavy atom. The Balaban J connectivity index is 0.00000196. The molecule has 0 bridgehead atoms. The van der Waals surface area contributed by atoms with Crippen molar-refractivity contribution >= 4 is 5.97 Å². The van der Waals surface area contributed by atoms with Crippen LogP contribution in [-0.4, -0.2) is 24.7 Å². The molecular weight excluding hydrogens is 214 g/mol. The van der Waals surface area contributed by atoms with Gasteiger partial charge in [-0.15, -0.1) is 0 Å². The van der Waals surface area contributed by atoms with Gasteiger partial charge in [-0.05, 0) is 32.6 Å². The first kappa shape index (κ1) is 14.7. The van der Waals surface area contributed by atoms with Crippen molar-refractivity contribution in [1.29, 1.82) is 0 Å². The highest BCUT2D eigenvalue weighted by Gasteiger charge is 2.24. The van der Waals surface area contributed by atoms with Crippen molar-refractivity contribution in [1.82, 2.24) is 5.32 Å². The summed E-state index contributed by atoms with van der Waals surface area (Å²) in [5, 5.41) is 3.27. The molecule has 90 valence electrons. The van der Waals surface area contributed by atoms with Crippen LogP contribution in [0, 0.1) is 0 Å². The predicted octanol–water partition coefficient (Wildman–Crippen LogP) is -1.14. The SMILES string of the molecule is CCCCOC(=O)C1CCCC(C)N1.[Cl-]. The van der Waals surface area contributed by atoms with E-state index in [4.69, 9.17) is 4.74 Å². The van der Waals surface area contributed by atoms with Gasteiger partial charge < -0.3 is 22.5 Å². The maximum Gasteiger partial charge on any atom is 0.323 e. The van der Waals surface area contributed by atoms with E-state index < -0.39 is 0 Å². The Morgan fingerprint density at radius 2 is 2.20 bits per heavy atom. The molecule has 1 N–H and O–H groups in total. The first-order valence-electron chi connectivity index (χ1n) is 5.66. The van der Waals surface area contributed by atoms with Crippen molar-refractivity contribution in [2.45, 2.75) is 58.0 Å². The fourth-order valence-electron chi connectivity index (χ4n) is 1.74. The minimum absolute atomic E-state index is 0. The molecule has 1 saturated heterocycles. The Bertz CT molecular complexity index is 187. The van der Waals surface area contributed by atoms with Gasteiger partial charge in [-0.25, -0.2) is 0 Å². The van der Waals surface area contributed by atoms with E-state index in [1.165, 1.54) is 6.42 Å². The standard InChI is InChI=1S/C11H21NO2.ClH/c1-3-4-8-14-11(13)10-7-5-6-9(2)12-10;/h9-10,12H,3-8H2,1-2H3;1H/p-1. The Labute approximate surface area is 98.4 Å². The molecule has 2 unspecified atom stereocenters. The minimum Gasteiger partial charge on any atom is -1.00 e. The summed E-state index contributed by atoms with van der Waals surface area (Å²) in [6, 6.07) is 0.392. The largest absolute Gasteiger partial charge is 1.00 e. The Morgan fingerprint density at radius 3 is 2.80 bits per heavy atom. The molecule has 1 aliphatic rings. The van der Waals surface area contributed by atoms with Crippen molar-refractivity contribution < 1.29 is 21.9 Å². The number of carbonyl (C=O) groups is 1. The van der Waals surface area contributed by atoms with E-state index in [2.05, 4.69) is 19.2 Å². The first-order valence-corrected chi connectivity index (χ1v) is 5.66. The van der Waals surface area contributed by atoms with E-state index in [-0.39, 0.29) is 24.4 Å². The molecule has 1 heterocycles. The highest BCUT2D eigenvalue weighted by molar-refractivity contribution is 5.75. The van der Waals surface area contributed by atoms with Gasteiger partial charge in [-0.2, -0.15) is 0 Å². The van der Waals surface area contributed by atoms with Crippen LogP contribution < -0.4 is 17.7 Å². The van der Waals surface area contributed by atoms with Gasteiger partial charge in [0, 0.05) is 6.04 Å². The van der Waals surface area contributed by atoms with Crippen LogP contribution in [-0.2, 0) is 9.53 Å². The first-order chi connectivity index (χ1) is 6.74. The van der Waals surface area contributed by atoms with Gasteiger partial charge in [0.1, 0.15) is 6.04 Å². The molecule has 4 heteroatoms. The molecule has 3 nitrogen and oxygen atoms in total. The number of rotatable bonds is 4. The highest BCUT2D eigenvalue weighted by Crippen LogP contribution is 2.13. The molecule has 1 aliphatic heterocycles. The number of carbonyl (C=O) groups excluding carboxylic acids is 1. The number of halogens is 1. The fourth-order valence-corrected chi connectivity index (χ4v) is 1.74. The number of hydrogen-bond donors (Lipinski definition) is 1. The zero-order chi connectivity index (χ0) is 10.4. The number of ether oxygens (including phenoxy) is 1. The topological polar surface area (TPSA) is 38.3 Å². The van der Waals surface area contributed by atoms with Crippen molar-refractivity contribution in [3.63, 3.8) is 0 Å². The summed E-state index contributed by atoms with van der Waals surface area (Å²) in [4.78, 5) is 11.5. The molecule has 1 rings (SSSR count). The molecule has 0 aliphatic carbocycles. The maximum atomic E-state index is 11.5. The minimum atomic E-state index is -0.0648.